The lowest BCUT2D eigenvalue weighted by Gasteiger charge is -2.06. The quantitative estimate of drug-likeness (QED) is 0.677. The van der Waals surface area contributed by atoms with Crippen molar-refractivity contribution in [2.75, 3.05) is 5.73 Å². The van der Waals surface area contributed by atoms with Crippen LogP contribution in [0.1, 0.15) is 11.1 Å². The molecular formula is C14H11ClN2S. The van der Waals surface area contributed by atoms with Gasteiger partial charge in [0, 0.05) is 21.4 Å². The Balaban J connectivity index is 2.12. The molecule has 2 aromatic carbocycles. The molecule has 0 amide bonds. The third-order valence-corrected chi connectivity index (χ3v) is 3.97. The minimum Gasteiger partial charge on any atom is -0.398 e. The number of nitriles is 1. The summed E-state index contributed by atoms with van der Waals surface area (Å²) in [6, 6.07) is 15.1. The Morgan fingerprint density at radius 3 is 2.67 bits per heavy atom. The molecular weight excluding hydrogens is 264 g/mol. The van der Waals surface area contributed by atoms with Gasteiger partial charge >= 0.3 is 0 Å². The van der Waals surface area contributed by atoms with Gasteiger partial charge in [-0.15, -0.1) is 11.8 Å². The number of nitrogens with two attached hydrogens (primary N) is 1. The highest BCUT2D eigenvalue weighted by Gasteiger charge is 2.04. The van der Waals surface area contributed by atoms with Crippen molar-refractivity contribution >= 4 is 29.1 Å². The maximum Gasteiger partial charge on any atom is 0.0992 e. The van der Waals surface area contributed by atoms with Gasteiger partial charge in [-0.2, -0.15) is 5.26 Å². The third-order valence-electron chi connectivity index (χ3n) is 2.48. The number of anilines is 1. The zero-order chi connectivity index (χ0) is 13.0. The Hall–Kier alpha value is -1.63. The van der Waals surface area contributed by atoms with E-state index in [0.29, 0.717) is 10.6 Å². The van der Waals surface area contributed by atoms with E-state index < -0.39 is 0 Å². The fourth-order valence-electron chi connectivity index (χ4n) is 1.50. The Kier molecular flexibility index (Phi) is 4.14. The summed E-state index contributed by atoms with van der Waals surface area (Å²) in [6.07, 6.45) is 0. The highest BCUT2D eigenvalue weighted by atomic mass is 35.5. The summed E-state index contributed by atoms with van der Waals surface area (Å²) >= 11 is 7.75. The molecule has 0 aromatic heterocycles. The standard InChI is InChI=1S/C14H11ClN2S/c15-12-7-10(8-16)5-6-11(12)9-18-14-4-2-1-3-13(14)17/h1-7H,9,17H2. The highest BCUT2D eigenvalue weighted by molar-refractivity contribution is 7.98. The van der Waals surface area contributed by atoms with E-state index in [2.05, 4.69) is 6.07 Å². The van der Waals surface area contributed by atoms with E-state index in [9.17, 15) is 0 Å². The van der Waals surface area contributed by atoms with Gasteiger partial charge in [0.05, 0.1) is 11.6 Å². The van der Waals surface area contributed by atoms with Gasteiger partial charge in [-0.3, -0.25) is 0 Å². The number of halogens is 1. The predicted molar refractivity (Wildman–Crippen MR) is 76.6 cm³/mol. The summed E-state index contributed by atoms with van der Waals surface area (Å²) in [5.41, 5.74) is 8.22. The molecule has 0 aliphatic carbocycles. The molecule has 2 aromatic rings. The summed E-state index contributed by atoms with van der Waals surface area (Å²) in [5.74, 6) is 0.735. The molecule has 0 fully saturated rings. The minimum absolute atomic E-state index is 0.577. The molecule has 0 aliphatic heterocycles. The largest absolute Gasteiger partial charge is 0.398 e. The number of thioether (sulfide) groups is 1. The van der Waals surface area contributed by atoms with Gasteiger partial charge in [0.1, 0.15) is 0 Å². The summed E-state index contributed by atoms with van der Waals surface area (Å²) in [7, 11) is 0. The van der Waals surface area contributed by atoms with Crippen LogP contribution in [-0.2, 0) is 5.75 Å². The van der Waals surface area contributed by atoms with Crippen LogP contribution in [0.25, 0.3) is 0 Å². The molecule has 0 spiro atoms. The zero-order valence-electron chi connectivity index (χ0n) is 9.56. The monoisotopic (exact) mass is 274 g/mol. The molecule has 0 unspecified atom stereocenters. The molecule has 2 nitrogen and oxygen atoms in total. The van der Waals surface area contributed by atoms with Crippen molar-refractivity contribution in [1.29, 1.82) is 5.26 Å². The first-order valence-electron chi connectivity index (χ1n) is 5.36. The van der Waals surface area contributed by atoms with Gasteiger partial charge in [-0.1, -0.05) is 29.8 Å². The molecule has 0 aliphatic rings. The summed E-state index contributed by atoms with van der Waals surface area (Å²) < 4.78 is 0. The maximum atomic E-state index is 8.77. The number of hydrogen-bond acceptors (Lipinski definition) is 3. The number of para-hydroxylation sites is 1. The van der Waals surface area contributed by atoms with E-state index in [0.717, 1.165) is 21.9 Å². The van der Waals surface area contributed by atoms with Gasteiger partial charge in [-0.05, 0) is 29.8 Å². The lowest BCUT2D eigenvalue weighted by Crippen LogP contribution is -1.89. The molecule has 0 atom stereocenters. The number of nitrogens with zero attached hydrogens (tertiary/aromatic N) is 1. The Morgan fingerprint density at radius 2 is 2.00 bits per heavy atom. The molecule has 18 heavy (non-hydrogen) atoms. The SMILES string of the molecule is N#Cc1ccc(CSc2ccccc2N)c(Cl)c1. The van der Waals surface area contributed by atoms with E-state index in [-0.39, 0.29) is 0 Å². The molecule has 0 saturated heterocycles. The first kappa shape index (κ1) is 12.8. The second-order valence-corrected chi connectivity index (χ2v) is 5.17. The molecule has 0 heterocycles. The Morgan fingerprint density at radius 1 is 1.22 bits per heavy atom. The topological polar surface area (TPSA) is 49.8 Å². The average molecular weight is 275 g/mol. The van der Waals surface area contributed by atoms with Crippen LogP contribution in [0.2, 0.25) is 5.02 Å². The van der Waals surface area contributed by atoms with E-state index in [1.807, 2.05) is 30.3 Å². The third kappa shape index (κ3) is 2.98. The normalized spacial score (nSPS) is 10.0. The van der Waals surface area contributed by atoms with Crippen molar-refractivity contribution in [1.82, 2.24) is 0 Å². The molecule has 2 N–H and O–H groups in total. The molecule has 0 saturated carbocycles. The lowest BCUT2D eigenvalue weighted by atomic mass is 10.2. The van der Waals surface area contributed by atoms with Crippen molar-refractivity contribution < 1.29 is 0 Å². The van der Waals surface area contributed by atoms with Crippen LogP contribution in [0, 0.1) is 11.3 Å². The minimum atomic E-state index is 0.577. The smallest absolute Gasteiger partial charge is 0.0992 e. The Labute approximate surface area is 115 Å². The van der Waals surface area contributed by atoms with Gasteiger partial charge in [-0.25, -0.2) is 0 Å². The van der Waals surface area contributed by atoms with Gasteiger partial charge in [0.2, 0.25) is 0 Å². The molecule has 0 bridgehead atoms. The second kappa shape index (κ2) is 5.81. The van der Waals surface area contributed by atoms with E-state index in [4.69, 9.17) is 22.6 Å². The summed E-state index contributed by atoms with van der Waals surface area (Å²) in [6.45, 7) is 0. The first-order valence-corrected chi connectivity index (χ1v) is 6.73. The van der Waals surface area contributed by atoms with Crippen molar-refractivity contribution in [3.8, 4) is 6.07 Å². The second-order valence-electron chi connectivity index (χ2n) is 3.74. The van der Waals surface area contributed by atoms with Crippen LogP contribution in [-0.4, -0.2) is 0 Å². The number of hydrogen-bond donors (Lipinski definition) is 1. The van der Waals surface area contributed by atoms with Gasteiger partial charge in [0.15, 0.2) is 0 Å². The average Bonchev–Trinajstić information content (AvgIpc) is 2.39. The van der Waals surface area contributed by atoms with Crippen molar-refractivity contribution in [2.45, 2.75) is 10.6 Å². The number of benzene rings is 2. The van der Waals surface area contributed by atoms with Crippen LogP contribution in [0.15, 0.2) is 47.4 Å². The maximum absolute atomic E-state index is 8.77. The highest BCUT2D eigenvalue weighted by Crippen LogP contribution is 2.30. The molecule has 2 rings (SSSR count). The van der Waals surface area contributed by atoms with Crippen LogP contribution in [0.5, 0.6) is 0 Å². The van der Waals surface area contributed by atoms with Crippen molar-refractivity contribution in [3.63, 3.8) is 0 Å². The van der Waals surface area contributed by atoms with E-state index in [1.165, 1.54) is 0 Å². The van der Waals surface area contributed by atoms with Gasteiger partial charge < -0.3 is 5.73 Å². The number of rotatable bonds is 3. The molecule has 90 valence electrons. The Bertz CT molecular complexity index is 605. The number of nitrogen functional groups attached to an aromatic ring is 1. The van der Waals surface area contributed by atoms with Gasteiger partial charge in [0.25, 0.3) is 0 Å². The van der Waals surface area contributed by atoms with Crippen LogP contribution >= 0.6 is 23.4 Å². The van der Waals surface area contributed by atoms with E-state index >= 15 is 0 Å². The molecule has 4 heteroatoms. The first-order chi connectivity index (χ1) is 8.70. The summed E-state index contributed by atoms with van der Waals surface area (Å²) in [4.78, 5) is 1.04. The van der Waals surface area contributed by atoms with Crippen molar-refractivity contribution in [2.24, 2.45) is 0 Å². The van der Waals surface area contributed by atoms with Crippen LogP contribution < -0.4 is 5.73 Å². The van der Waals surface area contributed by atoms with Crippen molar-refractivity contribution in [3.05, 3.63) is 58.6 Å². The summed E-state index contributed by atoms with van der Waals surface area (Å²) in [5, 5.41) is 9.39. The molecule has 0 radical (unpaired) electrons. The zero-order valence-corrected chi connectivity index (χ0v) is 11.1. The fourth-order valence-corrected chi connectivity index (χ4v) is 2.80. The van der Waals surface area contributed by atoms with Crippen LogP contribution in [0.3, 0.4) is 0 Å². The lowest BCUT2D eigenvalue weighted by molar-refractivity contribution is 1.37. The fraction of sp³-hybridized carbons (Fsp3) is 0.0714. The predicted octanol–water partition coefficient (Wildman–Crippen LogP) is 4.09. The van der Waals surface area contributed by atoms with E-state index in [1.54, 1.807) is 23.9 Å². The van der Waals surface area contributed by atoms with Crippen LogP contribution in [0.4, 0.5) is 5.69 Å².